The molecule has 5 nitrogen and oxygen atoms in total. The van der Waals surface area contributed by atoms with Gasteiger partial charge in [0.2, 0.25) is 0 Å². The van der Waals surface area contributed by atoms with E-state index in [1.54, 1.807) is 14.0 Å². The Morgan fingerprint density at radius 2 is 2.15 bits per heavy atom. The summed E-state index contributed by atoms with van der Waals surface area (Å²) in [6, 6.07) is 3.39. The van der Waals surface area contributed by atoms with Gasteiger partial charge in [-0.3, -0.25) is 0 Å². The monoisotopic (exact) mass is 300 g/mol. The number of hydrogen-bond donors (Lipinski definition) is 1. The van der Waals surface area contributed by atoms with E-state index in [0.717, 1.165) is 0 Å². The molecule has 2 amide bonds. The summed E-state index contributed by atoms with van der Waals surface area (Å²) in [5.41, 5.74) is 1.13. The Morgan fingerprint density at radius 3 is 2.70 bits per heavy atom. The molecule has 0 saturated carbocycles. The molecule has 0 radical (unpaired) electrons. The van der Waals surface area contributed by atoms with Crippen LogP contribution in [0, 0.1) is 12.7 Å². The predicted molar refractivity (Wildman–Crippen MR) is 75.0 cm³/mol. The molecule has 1 aliphatic heterocycles. The van der Waals surface area contributed by atoms with Gasteiger partial charge >= 0.3 is 6.03 Å². The average Bonchev–Trinajstić information content (AvgIpc) is 2.72. The molecule has 1 fully saturated rings. The summed E-state index contributed by atoms with van der Waals surface area (Å²) in [5.74, 6) is -0.250. The molecule has 0 spiro atoms. The van der Waals surface area contributed by atoms with Gasteiger partial charge in [-0.15, -0.1) is 0 Å². The molecule has 1 heterocycles. The number of rotatable bonds is 2. The number of hydrogen-bond acceptors (Lipinski definition) is 3. The van der Waals surface area contributed by atoms with Gasteiger partial charge in [0, 0.05) is 18.8 Å². The number of nitrogens with one attached hydrogen (secondary N) is 1. The van der Waals surface area contributed by atoms with Crippen molar-refractivity contribution in [1.29, 1.82) is 0 Å². The molecular formula is C13H17FN2O3S. The molecule has 0 aliphatic carbocycles. The zero-order chi connectivity index (χ0) is 14.9. The van der Waals surface area contributed by atoms with E-state index < -0.39 is 9.84 Å². The SMILES string of the molecule is Cc1cc(F)ccc1NC(=O)N(C)C1CCS(=O)(=O)C1. The first-order chi connectivity index (χ1) is 9.28. The van der Waals surface area contributed by atoms with Crippen molar-refractivity contribution in [3.63, 3.8) is 0 Å². The molecule has 7 heteroatoms. The number of anilines is 1. The normalized spacial score (nSPS) is 20.6. The highest BCUT2D eigenvalue weighted by molar-refractivity contribution is 7.91. The second kappa shape index (κ2) is 5.40. The number of nitrogens with zero attached hydrogens (tertiary/aromatic N) is 1. The van der Waals surface area contributed by atoms with Crippen LogP contribution in [0.5, 0.6) is 0 Å². The zero-order valence-electron chi connectivity index (χ0n) is 11.4. The molecule has 1 aliphatic rings. The van der Waals surface area contributed by atoms with Crippen LogP contribution in [0.2, 0.25) is 0 Å². The number of amides is 2. The number of halogens is 1. The van der Waals surface area contributed by atoms with E-state index in [1.165, 1.54) is 23.1 Å². The van der Waals surface area contributed by atoms with Gasteiger partial charge in [0.05, 0.1) is 11.5 Å². The van der Waals surface area contributed by atoms with E-state index in [9.17, 15) is 17.6 Å². The van der Waals surface area contributed by atoms with Crippen LogP contribution in [-0.2, 0) is 9.84 Å². The van der Waals surface area contributed by atoms with Gasteiger partial charge < -0.3 is 10.2 Å². The van der Waals surface area contributed by atoms with Crippen LogP contribution in [0.15, 0.2) is 18.2 Å². The van der Waals surface area contributed by atoms with Gasteiger partial charge in [0.15, 0.2) is 9.84 Å². The maximum absolute atomic E-state index is 13.0. The van der Waals surface area contributed by atoms with Crippen molar-refractivity contribution in [2.24, 2.45) is 0 Å². The Labute approximate surface area is 117 Å². The van der Waals surface area contributed by atoms with E-state index in [0.29, 0.717) is 17.7 Å². The first-order valence-corrected chi connectivity index (χ1v) is 8.11. The Hall–Kier alpha value is -1.63. The quantitative estimate of drug-likeness (QED) is 0.905. The van der Waals surface area contributed by atoms with Gasteiger partial charge in [-0.1, -0.05) is 0 Å². The van der Waals surface area contributed by atoms with E-state index >= 15 is 0 Å². The molecule has 110 valence electrons. The lowest BCUT2D eigenvalue weighted by Crippen LogP contribution is -2.40. The summed E-state index contributed by atoms with van der Waals surface area (Å²) in [6.45, 7) is 1.69. The molecule has 1 atom stereocenters. The molecule has 2 rings (SSSR count). The lowest BCUT2D eigenvalue weighted by atomic mass is 10.2. The molecule has 0 bridgehead atoms. The fraction of sp³-hybridized carbons (Fsp3) is 0.462. The fourth-order valence-corrected chi connectivity index (χ4v) is 3.99. The largest absolute Gasteiger partial charge is 0.324 e. The van der Waals surface area contributed by atoms with Crippen LogP contribution in [0.1, 0.15) is 12.0 Å². The molecule has 1 aromatic rings. The second-order valence-corrected chi connectivity index (χ2v) is 7.29. The summed E-state index contributed by atoms with van der Waals surface area (Å²) >= 11 is 0. The Bertz CT molecular complexity index is 631. The third-order valence-corrected chi connectivity index (χ3v) is 5.26. The Balaban J connectivity index is 2.05. The van der Waals surface area contributed by atoms with E-state index in [2.05, 4.69) is 5.32 Å². The zero-order valence-corrected chi connectivity index (χ0v) is 12.2. The highest BCUT2D eigenvalue weighted by atomic mass is 32.2. The van der Waals surface area contributed by atoms with Gasteiger partial charge in [-0.05, 0) is 37.1 Å². The topological polar surface area (TPSA) is 66.5 Å². The average molecular weight is 300 g/mol. The molecular weight excluding hydrogens is 283 g/mol. The minimum atomic E-state index is -3.03. The number of urea groups is 1. The molecule has 1 unspecified atom stereocenters. The van der Waals surface area contributed by atoms with E-state index in [4.69, 9.17) is 0 Å². The van der Waals surface area contributed by atoms with Crippen molar-refractivity contribution in [3.05, 3.63) is 29.6 Å². The Kier molecular flexibility index (Phi) is 3.99. The number of sulfone groups is 1. The molecule has 1 aromatic carbocycles. The van der Waals surface area contributed by atoms with Crippen LogP contribution in [0.4, 0.5) is 14.9 Å². The van der Waals surface area contributed by atoms with Gasteiger partial charge in [0.25, 0.3) is 0 Å². The summed E-state index contributed by atoms with van der Waals surface area (Å²) in [5, 5.41) is 2.67. The highest BCUT2D eigenvalue weighted by Gasteiger charge is 2.32. The first kappa shape index (κ1) is 14.8. The standard InChI is InChI=1S/C13H17FN2O3S/c1-9-7-10(14)3-4-12(9)15-13(17)16(2)11-5-6-20(18,19)8-11/h3-4,7,11H,5-6,8H2,1-2H3,(H,15,17). The van der Waals surface area contributed by atoms with Crippen LogP contribution < -0.4 is 5.32 Å². The minimum Gasteiger partial charge on any atom is -0.324 e. The lowest BCUT2D eigenvalue weighted by molar-refractivity contribution is 0.209. The number of carbonyl (C=O) groups is 1. The number of aryl methyl sites for hydroxylation is 1. The molecule has 20 heavy (non-hydrogen) atoms. The van der Waals surface area contributed by atoms with Crippen molar-refractivity contribution in [2.75, 3.05) is 23.9 Å². The fourth-order valence-electron chi connectivity index (χ4n) is 2.22. The smallest absolute Gasteiger partial charge is 0.321 e. The maximum Gasteiger partial charge on any atom is 0.321 e. The van der Waals surface area contributed by atoms with Gasteiger partial charge in [-0.25, -0.2) is 17.6 Å². The van der Waals surface area contributed by atoms with Gasteiger partial charge in [-0.2, -0.15) is 0 Å². The third-order valence-electron chi connectivity index (χ3n) is 3.51. The van der Waals surface area contributed by atoms with E-state index in [-0.39, 0.29) is 29.4 Å². The molecule has 1 N–H and O–H groups in total. The first-order valence-electron chi connectivity index (χ1n) is 6.29. The second-order valence-electron chi connectivity index (χ2n) is 5.06. The minimum absolute atomic E-state index is 0.000675. The Morgan fingerprint density at radius 1 is 1.45 bits per heavy atom. The third kappa shape index (κ3) is 3.27. The van der Waals surface area contributed by atoms with Crippen molar-refractivity contribution >= 4 is 21.6 Å². The van der Waals surface area contributed by atoms with Gasteiger partial charge in [0.1, 0.15) is 5.82 Å². The summed E-state index contributed by atoms with van der Waals surface area (Å²) in [4.78, 5) is 13.5. The number of carbonyl (C=O) groups excluding carboxylic acids is 1. The lowest BCUT2D eigenvalue weighted by Gasteiger charge is -2.24. The summed E-state index contributed by atoms with van der Waals surface area (Å²) in [6.07, 6.45) is 0.453. The highest BCUT2D eigenvalue weighted by Crippen LogP contribution is 2.19. The van der Waals surface area contributed by atoms with Crippen molar-refractivity contribution < 1.29 is 17.6 Å². The van der Waals surface area contributed by atoms with Crippen LogP contribution >= 0.6 is 0 Å². The van der Waals surface area contributed by atoms with Crippen molar-refractivity contribution in [1.82, 2.24) is 4.90 Å². The summed E-state index contributed by atoms with van der Waals surface area (Å²) in [7, 11) is -1.46. The number of benzene rings is 1. The van der Waals surface area contributed by atoms with Crippen LogP contribution in [0.3, 0.4) is 0 Å². The van der Waals surface area contributed by atoms with Crippen LogP contribution in [-0.4, -0.2) is 43.9 Å². The van der Waals surface area contributed by atoms with E-state index in [1.807, 2.05) is 0 Å². The van der Waals surface area contributed by atoms with Crippen LogP contribution in [0.25, 0.3) is 0 Å². The van der Waals surface area contributed by atoms with Crippen molar-refractivity contribution in [2.45, 2.75) is 19.4 Å². The molecule has 0 aromatic heterocycles. The molecule has 1 saturated heterocycles. The van der Waals surface area contributed by atoms with Crippen molar-refractivity contribution in [3.8, 4) is 0 Å². The maximum atomic E-state index is 13.0. The summed E-state index contributed by atoms with van der Waals surface area (Å²) < 4.78 is 35.8. The predicted octanol–water partition coefficient (Wildman–Crippen LogP) is 1.78.